The van der Waals surface area contributed by atoms with Gasteiger partial charge in [0.05, 0.1) is 5.54 Å². The second-order valence-corrected chi connectivity index (χ2v) is 5.07. The van der Waals surface area contributed by atoms with Crippen LogP contribution in [0.15, 0.2) is 0 Å². The molecule has 0 aromatic heterocycles. The van der Waals surface area contributed by atoms with Crippen molar-refractivity contribution in [3.8, 4) is 0 Å². The lowest BCUT2D eigenvalue weighted by Gasteiger charge is -2.21. The van der Waals surface area contributed by atoms with Crippen molar-refractivity contribution in [2.24, 2.45) is 5.73 Å². The molecule has 0 aromatic rings. The molecule has 0 rings (SSSR count). The van der Waals surface area contributed by atoms with Gasteiger partial charge in [-0.3, -0.25) is 4.79 Å². The Morgan fingerprint density at radius 2 is 2.07 bits per heavy atom. The number of carbonyl (C=O) groups is 1. The molecular formula is C11H24N2OS. The monoisotopic (exact) mass is 232 g/mol. The second kappa shape index (κ2) is 7.99. The maximum absolute atomic E-state index is 11.5. The Kier molecular flexibility index (Phi) is 7.88. The molecule has 0 saturated heterocycles. The Hall–Kier alpha value is -0.220. The Bertz CT molecular complexity index is 183. The first-order valence-electron chi connectivity index (χ1n) is 5.60. The van der Waals surface area contributed by atoms with Crippen molar-refractivity contribution in [3.63, 3.8) is 0 Å². The predicted octanol–water partition coefficient (Wildman–Crippen LogP) is 1.76. The van der Waals surface area contributed by atoms with E-state index in [4.69, 9.17) is 5.73 Å². The number of rotatable bonds is 8. The van der Waals surface area contributed by atoms with Crippen LogP contribution in [-0.2, 0) is 4.79 Å². The summed E-state index contributed by atoms with van der Waals surface area (Å²) < 4.78 is 0. The Morgan fingerprint density at radius 3 is 2.60 bits per heavy atom. The van der Waals surface area contributed by atoms with Crippen LogP contribution in [0.25, 0.3) is 0 Å². The highest BCUT2D eigenvalue weighted by molar-refractivity contribution is 7.98. The van der Waals surface area contributed by atoms with Crippen LogP contribution in [0.5, 0.6) is 0 Å². The number of nitrogens with one attached hydrogen (secondary N) is 1. The van der Waals surface area contributed by atoms with Crippen LogP contribution >= 0.6 is 11.8 Å². The molecule has 0 spiro atoms. The van der Waals surface area contributed by atoms with Crippen LogP contribution in [0.1, 0.15) is 39.5 Å². The van der Waals surface area contributed by atoms with Gasteiger partial charge >= 0.3 is 0 Å². The zero-order valence-corrected chi connectivity index (χ0v) is 11.0. The number of amides is 1. The second-order valence-electron chi connectivity index (χ2n) is 4.08. The molecule has 0 aliphatic rings. The molecule has 0 aliphatic carbocycles. The number of thioether (sulfide) groups is 1. The van der Waals surface area contributed by atoms with E-state index in [0.717, 1.165) is 13.0 Å². The van der Waals surface area contributed by atoms with E-state index in [1.54, 1.807) is 6.92 Å². The summed E-state index contributed by atoms with van der Waals surface area (Å²) >= 11 is 1.87. The molecule has 0 radical (unpaired) electrons. The lowest BCUT2D eigenvalue weighted by Crippen LogP contribution is -2.51. The summed E-state index contributed by atoms with van der Waals surface area (Å²) in [5, 5.41) is 2.88. The predicted molar refractivity (Wildman–Crippen MR) is 68.1 cm³/mol. The molecule has 0 heterocycles. The van der Waals surface area contributed by atoms with Gasteiger partial charge in [-0.1, -0.05) is 13.3 Å². The van der Waals surface area contributed by atoms with E-state index in [1.165, 1.54) is 18.6 Å². The molecule has 0 bridgehead atoms. The van der Waals surface area contributed by atoms with Crippen molar-refractivity contribution >= 4 is 17.7 Å². The van der Waals surface area contributed by atoms with Gasteiger partial charge in [0.15, 0.2) is 0 Å². The largest absolute Gasteiger partial charge is 0.355 e. The fraction of sp³-hybridized carbons (Fsp3) is 0.909. The maximum Gasteiger partial charge on any atom is 0.239 e. The third kappa shape index (κ3) is 6.79. The van der Waals surface area contributed by atoms with Gasteiger partial charge in [0.2, 0.25) is 5.91 Å². The first-order valence-corrected chi connectivity index (χ1v) is 7.00. The molecule has 4 heteroatoms. The fourth-order valence-corrected chi connectivity index (χ4v) is 1.61. The standard InChI is InChI=1S/C11H24N2OS/c1-4-11(2,12)10(14)13-8-6-5-7-9-15-3/h4-9,12H2,1-3H3,(H,13,14). The molecule has 3 nitrogen and oxygen atoms in total. The minimum absolute atomic E-state index is 0.0325. The summed E-state index contributed by atoms with van der Waals surface area (Å²) in [7, 11) is 0. The maximum atomic E-state index is 11.5. The summed E-state index contributed by atoms with van der Waals surface area (Å²) in [4.78, 5) is 11.5. The zero-order chi connectivity index (χ0) is 11.7. The number of unbranched alkanes of at least 4 members (excludes halogenated alkanes) is 2. The molecule has 0 fully saturated rings. The normalized spacial score (nSPS) is 14.7. The molecule has 1 atom stereocenters. The van der Waals surface area contributed by atoms with E-state index in [9.17, 15) is 4.79 Å². The van der Waals surface area contributed by atoms with Crippen molar-refractivity contribution < 1.29 is 4.79 Å². The minimum Gasteiger partial charge on any atom is -0.355 e. The van der Waals surface area contributed by atoms with Gasteiger partial charge in [-0.2, -0.15) is 11.8 Å². The van der Waals surface area contributed by atoms with Crippen LogP contribution in [0.4, 0.5) is 0 Å². The average Bonchev–Trinajstić information content (AvgIpc) is 2.22. The lowest BCUT2D eigenvalue weighted by molar-refractivity contribution is -0.125. The molecule has 1 unspecified atom stereocenters. The highest BCUT2D eigenvalue weighted by Gasteiger charge is 2.24. The van der Waals surface area contributed by atoms with Gasteiger partial charge in [-0.05, 0) is 38.2 Å². The van der Waals surface area contributed by atoms with Crippen molar-refractivity contribution in [2.75, 3.05) is 18.6 Å². The van der Waals surface area contributed by atoms with Crippen LogP contribution in [0, 0.1) is 0 Å². The van der Waals surface area contributed by atoms with E-state index < -0.39 is 5.54 Å². The number of hydrogen-bond donors (Lipinski definition) is 2. The SMILES string of the molecule is CCC(C)(N)C(=O)NCCCCCSC. The molecule has 0 aliphatic heterocycles. The number of nitrogens with two attached hydrogens (primary N) is 1. The van der Waals surface area contributed by atoms with Gasteiger partial charge in [-0.15, -0.1) is 0 Å². The van der Waals surface area contributed by atoms with Crippen molar-refractivity contribution in [3.05, 3.63) is 0 Å². The Labute approximate surface area is 97.6 Å². The van der Waals surface area contributed by atoms with Crippen LogP contribution in [0.2, 0.25) is 0 Å². The molecule has 0 aromatic carbocycles. The van der Waals surface area contributed by atoms with Gasteiger partial charge in [-0.25, -0.2) is 0 Å². The average molecular weight is 232 g/mol. The van der Waals surface area contributed by atoms with E-state index in [-0.39, 0.29) is 5.91 Å². The fourth-order valence-electron chi connectivity index (χ4n) is 1.11. The van der Waals surface area contributed by atoms with Crippen molar-refractivity contribution in [1.82, 2.24) is 5.32 Å². The first kappa shape index (κ1) is 14.8. The van der Waals surface area contributed by atoms with Crippen LogP contribution in [-0.4, -0.2) is 30.0 Å². The topological polar surface area (TPSA) is 55.1 Å². The Balaban J connectivity index is 3.47. The summed E-state index contributed by atoms with van der Waals surface area (Å²) in [5.74, 6) is 1.17. The summed E-state index contributed by atoms with van der Waals surface area (Å²) in [6, 6.07) is 0. The zero-order valence-electron chi connectivity index (χ0n) is 10.1. The molecule has 15 heavy (non-hydrogen) atoms. The van der Waals surface area contributed by atoms with Crippen molar-refractivity contribution in [1.29, 1.82) is 0 Å². The molecule has 90 valence electrons. The van der Waals surface area contributed by atoms with Crippen molar-refractivity contribution in [2.45, 2.75) is 45.1 Å². The van der Waals surface area contributed by atoms with E-state index >= 15 is 0 Å². The van der Waals surface area contributed by atoms with Gasteiger partial charge in [0, 0.05) is 6.54 Å². The molecule has 3 N–H and O–H groups in total. The molecule has 0 saturated carbocycles. The smallest absolute Gasteiger partial charge is 0.239 e. The molecule has 1 amide bonds. The van der Waals surface area contributed by atoms with Gasteiger partial charge in [0.25, 0.3) is 0 Å². The number of hydrogen-bond acceptors (Lipinski definition) is 3. The van der Waals surface area contributed by atoms with E-state index in [0.29, 0.717) is 6.42 Å². The minimum atomic E-state index is -0.709. The lowest BCUT2D eigenvalue weighted by atomic mass is 9.99. The van der Waals surface area contributed by atoms with Gasteiger partial charge in [0.1, 0.15) is 0 Å². The first-order chi connectivity index (χ1) is 7.04. The highest BCUT2D eigenvalue weighted by atomic mass is 32.2. The highest BCUT2D eigenvalue weighted by Crippen LogP contribution is 2.05. The third-order valence-electron chi connectivity index (χ3n) is 2.56. The quantitative estimate of drug-likeness (QED) is 0.627. The van der Waals surface area contributed by atoms with Crippen LogP contribution < -0.4 is 11.1 Å². The summed E-state index contributed by atoms with van der Waals surface area (Å²) in [6.07, 6.45) is 6.24. The summed E-state index contributed by atoms with van der Waals surface area (Å²) in [6.45, 7) is 4.45. The van der Waals surface area contributed by atoms with Crippen LogP contribution in [0.3, 0.4) is 0 Å². The van der Waals surface area contributed by atoms with Gasteiger partial charge < -0.3 is 11.1 Å². The number of carbonyl (C=O) groups excluding carboxylic acids is 1. The van der Waals surface area contributed by atoms with E-state index in [1.807, 2.05) is 18.7 Å². The Morgan fingerprint density at radius 1 is 1.40 bits per heavy atom. The van der Waals surface area contributed by atoms with E-state index in [2.05, 4.69) is 11.6 Å². The third-order valence-corrected chi connectivity index (χ3v) is 3.26. The molecular weight excluding hydrogens is 208 g/mol. The summed E-state index contributed by atoms with van der Waals surface area (Å²) in [5.41, 5.74) is 5.10.